The molecule has 5 rings (SSSR count). The monoisotopic (exact) mass is 414 g/mol. The van der Waals surface area contributed by atoms with Crippen LogP contribution in [-0.4, -0.2) is 37.0 Å². The Morgan fingerprint density at radius 1 is 1.17 bits per heavy atom. The number of carbonyl (C=O) groups excluding carboxylic acids is 1. The van der Waals surface area contributed by atoms with Crippen LogP contribution in [0.1, 0.15) is 77.3 Å². The molecule has 0 bridgehead atoms. The Bertz CT molecular complexity index is 835. The van der Waals surface area contributed by atoms with Crippen LogP contribution in [0, 0.1) is 41.9 Å². The predicted octanol–water partition coefficient (Wildman–Crippen LogP) is 3.26. The Balaban J connectivity index is 1.37. The van der Waals surface area contributed by atoms with E-state index in [2.05, 4.69) is 17.2 Å². The van der Waals surface area contributed by atoms with Gasteiger partial charge in [0.05, 0.1) is 17.5 Å². The number of ketones is 1. The number of aliphatic hydroxyl groups is 1. The first-order valence-corrected chi connectivity index (χ1v) is 12.0. The van der Waals surface area contributed by atoms with Gasteiger partial charge in [-0.1, -0.05) is 12.1 Å². The van der Waals surface area contributed by atoms with Crippen molar-refractivity contribution in [1.29, 1.82) is 0 Å². The number of Topliss-reactive ketones (excluding diaryl/α,β-unsaturated/α-hetero) is 1. The van der Waals surface area contributed by atoms with E-state index >= 15 is 0 Å². The summed E-state index contributed by atoms with van der Waals surface area (Å²) in [5.74, 6) is 2.85. The number of hydrogen-bond acceptors (Lipinski definition) is 5. The third-order valence-electron chi connectivity index (χ3n) is 10.1. The fourth-order valence-corrected chi connectivity index (χ4v) is 8.41. The van der Waals surface area contributed by atoms with Crippen LogP contribution in [-0.2, 0) is 11.3 Å². The first kappa shape index (κ1) is 20.6. The number of hydrogen-bond donors (Lipinski definition) is 2. The van der Waals surface area contributed by atoms with Crippen molar-refractivity contribution in [2.75, 3.05) is 0 Å². The summed E-state index contributed by atoms with van der Waals surface area (Å²) < 4.78 is 1.73. The standard InChI is InChI=1S/C24H38N4O2/c1-15-13-26-27-28(15)14-21(29)20-8-11-24(25)19-5-4-16-12-22(2,30)9-6-17(16)18(19)7-10-23(20,24)3/h13,16-20,30H,4-12,14,25H2,1-3H3/t16-,17+,18-,19?,20-,22-,23?,24-/m1/s1. The Labute approximate surface area is 180 Å². The van der Waals surface area contributed by atoms with E-state index in [0.29, 0.717) is 30.2 Å². The highest BCUT2D eigenvalue weighted by Crippen LogP contribution is 2.65. The van der Waals surface area contributed by atoms with Crippen molar-refractivity contribution in [1.82, 2.24) is 15.0 Å². The zero-order chi connectivity index (χ0) is 21.3. The number of aryl methyl sites for hydroxylation is 1. The lowest BCUT2D eigenvalue weighted by Gasteiger charge is -2.61. The van der Waals surface area contributed by atoms with Crippen molar-refractivity contribution in [3.05, 3.63) is 11.9 Å². The van der Waals surface area contributed by atoms with E-state index in [1.54, 1.807) is 10.9 Å². The van der Waals surface area contributed by atoms with E-state index in [-0.39, 0.29) is 22.7 Å². The van der Waals surface area contributed by atoms with Crippen LogP contribution >= 0.6 is 0 Å². The van der Waals surface area contributed by atoms with E-state index in [1.165, 1.54) is 12.8 Å². The molecule has 4 saturated carbocycles. The summed E-state index contributed by atoms with van der Waals surface area (Å²) in [7, 11) is 0. The maximum Gasteiger partial charge on any atom is 0.158 e. The van der Waals surface area contributed by atoms with E-state index < -0.39 is 5.60 Å². The molecule has 1 aromatic heterocycles. The highest BCUT2D eigenvalue weighted by molar-refractivity contribution is 5.82. The van der Waals surface area contributed by atoms with Crippen LogP contribution in [0.25, 0.3) is 0 Å². The third kappa shape index (κ3) is 2.93. The molecule has 0 spiro atoms. The fourth-order valence-electron chi connectivity index (χ4n) is 8.41. The molecule has 3 N–H and O–H groups in total. The lowest BCUT2D eigenvalue weighted by atomic mass is 9.46. The largest absolute Gasteiger partial charge is 0.390 e. The maximum atomic E-state index is 13.4. The van der Waals surface area contributed by atoms with Gasteiger partial charge in [0.25, 0.3) is 0 Å². The summed E-state index contributed by atoms with van der Waals surface area (Å²) in [6, 6.07) is 0. The van der Waals surface area contributed by atoms with Crippen LogP contribution < -0.4 is 5.73 Å². The van der Waals surface area contributed by atoms with Gasteiger partial charge in [-0.3, -0.25) is 4.79 Å². The second-order valence-corrected chi connectivity index (χ2v) is 11.6. The summed E-state index contributed by atoms with van der Waals surface area (Å²) >= 11 is 0. The molecule has 0 amide bonds. The van der Waals surface area contributed by atoms with Gasteiger partial charge in [-0.25, -0.2) is 4.68 Å². The van der Waals surface area contributed by atoms with Crippen LogP contribution in [0.5, 0.6) is 0 Å². The van der Waals surface area contributed by atoms with Crippen molar-refractivity contribution in [2.45, 2.75) is 96.2 Å². The van der Waals surface area contributed by atoms with Crippen molar-refractivity contribution in [3.8, 4) is 0 Å². The molecule has 4 aliphatic rings. The Hall–Kier alpha value is -1.27. The highest BCUT2D eigenvalue weighted by atomic mass is 16.3. The fraction of sp³-hybridized carbons (Fsp3) is 0.875. The Morgan fingerprint density at radius 2 is 1.93 bits per heavy atom. The molecular formula is C24H38N4O2. The van der Waals surface area contributed by atoms with Crippen LogP contribution in [0.2, 0.25) is 0 Å². The van der Waals surface area contributed by atoms with E-state index in [4.69, 9.17) is 5.73 Å². The minimum Gasteiger partial charge on any atom is -0.390 e. The summed E-state index contributed by atoms with van der Waals surface area (Å²) in [5, 5.41) is 18.6. The molecule has 1 heterocycles. The average Bonchev–Trinajstić information content (AvgIpc) is 3.20. The molecule has 6 heteroatoms. The van der Waals surface area contributed by atoms with Gasteiger partial charge >= 0.3 is 0 Å². The topological polar surface area (TPSA) is 94.0 Å². The first-order valence-electron chi connectivity index (χ1n) is 12.0. The molecule has 0 saturated heterocycles. The second kappa shape index (κ2) is 6.86. The molecule has 2 unspecified atom stereocenters. The van der Waals surface area contributed by atoms with Crippen molar-refractivity contribution in [2.24, 2.45) is 40.7 Å². The number of nitrogens with two attached hydrogens (primary N) is 1. The predicted molar refractivity (Wildman–Crippen MR) is 114 cm³/mol. The molecule has 166 valence electrons. The van der Waals surface area contributed by atoms with E-state index in [9.17, 15) is 9.90 Å². The van der Waals surface area contributed by atoms with Crippen LogP contribution in [0.4, 0.5) is 0 Å². The van der Waals surface area contributed by atoms with Crippen molar-refractivity contribution < 1.29 is 9.90 Å². The van der Waals surface area contributed by atoms with Crippen molar-refractivity contribution in [3.63, 3.8) is 0 Å². The molecule has 0 aliphatic heterocycles. The number of nitrogens with zero attached hydrogens (tertiary/aromatic N) is 3. The maximum absolute atomic E-state index is 13.4. The first-order chi connectivity index (χ1) is 14.1. The summed E-state index contributed by atoms with van der Waals surface area (Å²) in [5.41, 5.74) is 7.41. The molecule has 1 aromatic rings. The van der Waals surface area contributed by atoms with Gasteiger partial charge in [-0.05, 0) is 101 Å². The molecule has 4 fully saturated rings. The van der Waals surface area contributed by atoms with Crippen molar-refractivity contribution >= 4 is 5.78 Å². The molecule has 4 aliphatic carbocycles. The zero-order valence-electron chi connectivity index (χ0n) is 18.8. The second-order valence-electron chi connectivity index (χ2n) is 11.6. The summed E-state index contributed by atoms with van der Waals surface area (Å²) in [6.07, 6.45) is 11.2. The Kier molecular flexibility index (Phi) is 4.72. The lowest BCUT2D eigenvalue weighted by molar-refractivity contribution is -0.135. The van der Waals surface area contributed by atoms with Gasteiger partial charge in [0.2, 0.25) is 0 Å². The Morgan fingerprint density at radius 3 is 2.67 bits per heavy atom. The molecule has 0 radical (unpaired) electrons. The summed E-state index contributed by atoms with van der Waals surface area (Å²) in [6.45, 7) is 6.59. The van der Waals surface area contributed by atoms with Gasteiger partial charge in [0, 0.05) is 11.5 Å². The number of rotatable bonds is 3. The molecule has 8 atom stereocenters. The average molecular weight is 415 g/mol. The highest BCUT2D eigenvalue weighted by Gasteiger charge is 2.65. The lowest BCUT2D eigenvalue weighted by Crippen LogP contribution is -2.65. The van der Waals surface area contributed by atoms with Gasteiger partial charge in [-0.15, -0.1) is 5.10 Å². The van der Waals surface area contributed by atoms with Gasteiger partial charge in [0.15, 0.2) is 5.78 Å². The van der Waals surface area contributed by atoms with Gasteiger partial charge in [0.1, 0.15) is 6.54 Å². The van der Waals surface area contributed by atoms with Crippen LogP contribution in [0.15, 0.2) is 6.20 Å². The molecular weight excluding hydrogens is 376 g/mol. The smallest absolute Gasteiger partial charge is 0.158 e. The minimum atomic E-state index is -0.484. The van der Waals surface area contributed by atoms with Crippen LogP contribution in [0.3, 0.4) is 0 Å². The van der Waals surface area contributed by atoms with Gasteiger partial charge < -0.3 is 10.8 Å². The number of carbonyl (C=O) groups is 1. The van der Waals surface area contributed by atoms with E-state index in [0.717, 1.165) is 50.6 Å². The van der Waals surface area contributed by atoms with Gasteiger partial charge in [-0.2, -0.15) is 0 Å². The zero-order valence-corrected chi connectivity index (χ0v) is 18.8. The molecule has 0 aromatic carbocycles. The number of aromatic nitrogens is 3. The summed E-state index contributed by atoms with van der Waals surface area (Å²) in [4.78, 5) is 13.4. The third-order valence-corrected chi connectivity index (χ3v) is 10.1. The SMILES string of the molecule is Cc1cnnn1CC(=O)[C@H]1CC[C@@]2(N)C3CC[C@@H]4C[C@](C)(O)CC[C@@H]4[C@H]3CCC12C. The number of fused-ring (bicyclic) bond motifs is 5. The normalized spacial score (nSPS) is 48.0. The quantitative estimate of drug-likeness (QED) is 0.792. The molecule has 30 heavy (non-hydrogen) atoms. The minimum absolute atomic E-state index is 0.0249. The van der Waals surface area contributed by atoms with E-state index in [1.807, 2.05) is 13.8 Å². The molecule has 6 nitrogen and oxygen atoms in total.